The molecule has 2 nitrogen and oxygen atoms in total. The first kappa shape index (κ1) is 11.5. The Kier molecular flexibility index (Phi) is 3.14. The Balaban J connectivity index is 1.81. The third-order valence-corrected chi connectivity index (χ3v) is 4.75. The van der Waals surface area contributed by atoms with Crippen LogP contribution in [0.15, 0.2) is 22.7 Å². The van der Waals surface area contributed by atoms with Crippen LogP contribution in [0, 0.1) is 5.92 Å². The molecule has 92 valence electrons. The maximum Gasteiger partial charge on any atom is 0.0377 e. The number of halogens is 1. The van der Waals surface area contributed by atoms with Crippen LogP contribution in [0.5, 0.6) is 0 Å². The van der Waals surface area contributed by atoms with Crippen molar-refractivity contribution in [3.05, 3.63) is 28.2 Å². The van der Waals surface area contributed by atoms with Gasteiger partial charge in [0.1, 0.15) is 0 Å². The summed E-state index contributed by atoms with van der Waals surface area (Å²) < 4.78 is 1.21. The van der Waals surface area contributed by atoms with E-state index in [9.17, 15) is 0 Å². The highest BCUT2D eigenvalue weighted by Gasteiger charge is 2.31. The van der Waals surface area contributed by atoms with E-state index in [0.717, 1.165) is 18.4 Å². The minimum absolute atomic E-state index is 0.719. The maximum atomic E-state index is 3.59. The van der Waals surface area contributed by atoms with E-state index in [4.69, 9.17) is 0 Å². The molecule has 1 aromatic carbocycles. The van der Waals surface area contributed by atoms with E-state index in [2.05, 4.69) is 51.4 Å². The standard InChI is InChI=1S/C14H19BrN2/c1-17-6-4-10(5-7-17)13-9-16-14-3-2-11(15)8-12(13)14/h2-3,8,10,13,16H,4-7,9H2,1H3. The molecule has 1 unspecified atom stereocenters. The molecule has 1 aromatic rings. The molecule has 0 saturated carbocycles. The minimum atomic E-state index is 0.719. The van der Waals surface area contributed by atoms with Gasteiger partial charge in [-0.2, -0.15) is 0 Å². The number of anilines is 1. The number of benzene rings is 1. The minimum Gasteiger partial charge on any atom is -0.384 e. The van der Waals surface area contributed by atoms with E-state index < -0.39 is 0 Å². The van der Waals surface area contributed by atoms with Crippen LogP contribution in [0.1, 0.15) is 24.3 Å². The number of likely N-dealkylation sites (tertiary alicyclic amines) is 1. The molecule has 1 saturated heterocycles. The van der Waals surface area contributed by atoms with Crippen molar-refractivity contribution in [2.24, 2.45) is 5.92 Å². The van der Waals surface area contributed by atoms with Crippen molar-refractivity contribution < 1.29 is 0 Å². The second-order valence-electron chi connectivity index (χ2n) is 5.36. The Morgan fingerprint density at radius 1 is 1.29 bits per heavy atom. The fraction of sp³-hybridized carbons (Fsp3) is 0.571. The van der Waals surface area contributed by atoms with Crippen molar-refractivity contribution in [3.8, 4) is 0 Å². The Morgan fingerprint density at radius 2 is 2.06 bits per heavy atom. The van der Waals surface area contributed by atoms with Gasteiger partial charge >= 0.3 is 0 Å². The number of rotatable bonds is 1. The topological polar surface area (TPSA) is 15.3 Å². The first-order valence-electron chi connectivity index (χ1n) is 6.46. The fourth-order valence-corrected chi connectivity index (χ4v) is 3.56. The van der Waals surface area contributed by atoms with E-state index in [0.29, 0.717) is 0 Å². The largest absolute Gasteiger partial charge is 0.384 e. The second-order valence-corrected chi connectivity index (χ2v) is 6.28. The summed E-state index contributed by atoms with van der Waals surface area (Å²) in [5, 5.41) is 3.55. The highest BCUT2D eigenvalue weighted by atomic mass is 79.9. The summed E-state index contributed by atoms with van der Waals surface area (Å²) in [5.41, 5.74) is 2.87. The Labute approximate surface area is 112 Å². The van der Waals surface area contributed by atoms with Crippen LogP contribution in [0.2, 0.25) is 0 Å². The van der Waals surface area contributed by atoms with Gasteiger partial charge in [-0.05, 0) is 62.7 Å². The van der Waals surface area contributed by atoms with Gasteiger partial charge in [-0.25, -0.2) is 0 Å². The summed E-state index contributed by atoms with van der Waals surface area (Å²) in [6.45, 7) is 3.63. The zero-order chi connectivity index (χ0) is 11.8. The summed E-state index contributed by atoms with van der Waals surface area (Å²) in [6.07, 6.45) is 2.68. The third kappa shape index (κ3) is 2.23. The molecule has 17 heavy (non-hydrogen) atoms. The van der Waals surface area contributed by atoms with Gasteiger partial charge in [0.2, 0.25) is 0 Å². The summed E-state index contributed by atoms with van der Waals surface area (Å²) in [5.74, 6) is 1.57. The van der Waals surface area contributed by atoms with Crippen LogP contribution in [-0.2, 0) is 0 Å². The van der Waals surface area contributed by atoms with Gasteiger partial charge in [-0.3, -0.25) is 0 Å². The summed E-state index contributed by atoms with van der Waals surface area (Å²) in [7, 11) is 2.23. The molecule has 0 aliphatic carbocycles. The molecule has 3 rings (SSSR count). The van der Waals surface area contributed by atoms with E-state index >= 15 is 0 Å². The van der Waals surface area contributed by atoms with E-state index in [-0.39, 0.29) is 0 Å². The molecule has 1 atom stereocenters. The highest BCUT2D eigenvalue weighted by Crippen LogP contribution is 2.41. The Bertz CT molecular complexity index is 411. The zero-order valence-corrected chi connectivity index (χ0v) is 11.8. The predicted molar refractivity (Wildman–Crippen MR) is 75.6 cm³/mol. The van der Waals surface area contributed by atoms with Gasteiger partial charge in [0.15, 0.2) is 0 Å². The lowest BCUT2D eigenvalue weighted by Crippen LogP contribution is -2.33. The highest BCUT2D eigenvalue weighted by molar-refractivity contribution is 9.10. The number of nitrogens with one attached hydrogen (secondary N) is 1. The van der Waals surface area contributed by atoms with Crippen molar-refractivity contribution in [2.75, 3.05) is 32.0 Å². The molecule has 1 N–H and O–H groups in total. The molecule has 0 radical (unpaired) electrons. The van der Waals surface area contributed by atoms with Crippen LogP contribution >= 0.6 is 15.9 Å². The van der Waals surface area contributed by atoms with Crippen LogP contribution < -0.4 is 5.32 Å². The monoisotopic (exact) mass is 294 g/mol. The number of fused-ring (bicyclic) bond motifs is 1. The number of hydrogen-bond acceptors (Lipinski definition) is 2. The zero-order valence-electron chi connectivity index (χ0n) is 10.2. The number of nitrogens with zero attached hydrogens (tertiary/aromatic N) is 1. The van der Waals surface area contributed by atoms with E-state index in [1.165, 1.54) is 41.7 Å². The lowest BCUT2D eigenvalue weighted by molar-refractivity contribution is 0.202. The van der Waals surface area contributed by atoms with Gasteiger partial charge < -0.3 is 10.2 Å². The lowest BCUT2D eigenvalue weighted by Gasteiger charge is -2.32. The average Bonchev–Trinajstić information content (AvgIpc) is 2.73. The van der Waals surface area contributed by atoms with Crippen LogP contribution in [0.25, 0.3) is 0 Å². The Morgan fingerprint density at radius 3 is 2.82 bits per heavy atom. The molecule has 0 bridgehead atoms. The van der Waals surface area contributed by atoms with Gasteiger partial charge in [0.25, 0.3) is 0 Å². The van der Waals surface area contributed by atoms with Crippen LogP contribution in [-0.4, -0.2) is 31.6 Å². The van der Waals surface area contributed by atoms with Gasteiger partial charge in [-0.15, -0.1) is 0 Å². The SMILES string of the molecule is CN1CCC(C2CNc3ccc(Br)cc32)CC1. The average molecular weight is 295 g/mol. The number of piperidine rings is 1. The first-order chi connectivity index (χ1) is 8.24. The molecular formula is C14H19BrN2. The van der Waals surface area contributed by atoms with E-state index in [1.807, 2.05) is 0 Å². The van der Waals surface area contributed by atoms with Gasteiger partial charge in [0.05, 0.1) is 0 Å². The molecule has 1 fully saturated rings. The molecular weight excluding hydrogens is 276 g/mol. The van der Waals surface area contributed by atoms with Gasteiger partial charge in [-0.1, -0.05) is 15.9 Å². The van der Waals surface area contributed by atoms with Crippen molar-refractivity contribution in [3.63, 3.8) is 0 Å². The smallest absolute Gasteiger partial charge is 0.0377 e. The molecule has 2 aliphatic heterocycles. The summed E-state index contributed by atoms with van der Waals surface area (Å²) in [6, 6.07) is 6.63. The van der Waals surface area contributed by atoms with Crippen molar-refractivity contribution in [1.82, 2.24) is 4.90 Å². The van der Waals surface area contributed by atoms with Crippen molar-refractivity contribution >= 4 is 21.6 Å². The second kappa shape index (κ2) is 4.62. The van der Waals surface area contributed by atoms with Gasteiger partial charge in [0, 0.05) is 22.6 Å². The summed E-state index contributed by atoms with van der Waals surface area (Å²) in [4.78, 5) is 2.45. The lowest BCUT2D eigenvalue weighted by atomic mass is 9.81. The van der Waals surface area contributed by atoms with E-state index in [1.54, 1.807) is 0 Å². The molecule has 0 aromatic heterocycles. The quantitative estimate of drug-likeness (QED) is 0.855. The normalized spacial score (nSPS) is 25.6. The van der Waals surface area contributed by atoms with Crippen molar-refractivity contribution in [2.45, 2.75) is 18.8 Å². The first-order valence-corrected chi connectivity index (χ1v) is 7.25. The predicted octanol–water partition coefficient (Wildman–Crippen LogP) is 3.30. The number of hydrogen-bond donors (Lipinski definition) is 1. The third-order valence-electron chi connectivity index (χ3n) is 4.26. The van der Waals surface area contributed by atoms with Crippen LogP contribution in [0.3, 0.4) is 0 Å². The molecule has 3 heteroatoms. The molecule has 2 aliphatic rings. The Hall–Kier alpha value is -0.540. The van der Waals surface area contributed by atoms with Crippen molar-refractivity contribution in [1.29, 1.82) is 0 Å². The molecule has 2 heterocycles. The molecule has 0 amide bonds. The summed E-state index contributed by atoms with van der Waals surface area (Å²) >= 11 is 3.59. The maximum absolute atomic E-state index is 3.59. The fourth-order valence-electron chi connectivity index (χ4n) is 3.18. The van der Waals surface area contributed by atoms with Crippen LogP contribution in [0.4, 0.5) is 5.69 Å². The molecule has 0 spiro atoms.